The SMILES string of the molecule is C=CCn1c(SCC(=O)Nc2c(C)cc(I)cc2C)nnc1[C@H](NC(=O)c1ccc(Cl)cc1Cl)C(C)C. The van der Waals surface area contributed by atoms with Crippen LogP contribution in [-0.2, 0) is 11.3 Å². The van der Waals surface area contributed by atoms with Gasteiger partial charge < -0.3 is 15.2 Å². The Balaban J connectivity index is 1.78. The molecule has 0 aliphatic heterocycles. The van der Waals surface area contributed by atoms with Crippen LogP contribution in [0.15, 0.2) is 48.1 Å². The zero-order valence-electron chi connectivity index (χ0n) is 20.9. The molecule has 0 spiro atoms. The number of amides is 2. The number of rotatable bonds is 10. The van der Waals surface area contributed by atoms with Gasteiger partial charge >= 0.3 is 0 Å². The van der Waals surface area contributed by atoms with E-state index in [0.717, 1.165) is 20.4 Å². The van der Waals surface area contributed by atoms with Crippen molar-refractivity contribution in [1.29, 1.82) is 0 Å². The van der Waals surface area contributed by atoms with Crippen LogP contribution in [0.25, 0.3) is 0 Å². The molecule has 1 heterocycles. The van der Waals surface area contributed by atoms with Gasteiger partial charge in [-0.3, -0.25) is 9.59 Å². The van der Waals surface area contributed by atoms with E-state index >= 15 is 0 Å². The highest BCUT2D eigenvalue weighted by atomic mass is 127. The molecule has 37 heavy (non-hydrogen) atoms. The number of nitrogens with zero attached hydrogens (tertiary/aromatic N) is 3. The minimum Gasteiger partial charge on any atom is -0.342 e. The third kappa shape index (κ3) is 7.49. The maximum absolute atomic E-state index is 13.0. The van der Waals surface area contributed by atoms with E-state index in [1.165, 1.54) is 17.8 Å². The van der Waals surface area contributed by atoms with Gasteiger partial charge in [-0.2, -0.15) is 0 Å². The van der Waals surface area contributed by atoms with Gasteiger partial charge in [-0.1, -0.05) is 54.9 Å². The van der Waals surface area contributed by atoms with Crippen LogP contribution in [0, 0.1) is 23.3 Å². The molecule has 0 aliphatic carbocycles. The standard InChI is InChI=1S/C26H28Cl2IN5O2S/c1-6-9-34-24(22(14(2)3)31-25(36)19-8-7-17(27)12-20(19)28)32-33-26(34)37-13-21(35)30-23-15(4)10-18(29)11-16(23)5/h6-8,10-12,14,22H,1,9,13H2,2-5H3,(H,30,35)(H,31,36)/t22-/m1/s1. The van der Waals surface area contributed by atoms with Crippen molar-refractivity contribution in [3.05, 3.63) is 79.1 Å². The third-order valence-corrected chi connectivity index (χ3v) is 7.70. The van der Waals surface area contributed by atoms with Gasteiger partial charge in [-0.05, 0) is 83.8 Å². The lowest BCUT2D eigenvalue weighted by atomic mass is 10.0. The van der Waals surface area contributed by atoms with E-state index in [0.29, 0.717) is 28.1 Å². The Hall–Kier alpha value is -2.08. The number of halogens is 3. The fraction of sp³-hybridized carbons (Fsp3) is 0.308. The molecule has 0 unspecified atom stereocenters. The van der Waals surface area contributed by atoms with E-state index in [9.17, 15) is 9.59 Å². The minimum absolute atomic E-state index is 0.00392. The predicted molar refractivity (Wildman–Crippen MR) is 160 cm³/mol. The molecule has 0 saturated heterocycles. The molecule has 11 heteroatoms. The van der Waals surface area contributed by atoms with Crippen molar-refractivity contribution in [2.24, 2.45) is 5.92 Å². The number of aryl methyl sites for hydroxylation is 2. The van der Waals surface area contributed by atoms with Crippen molar-refractivity contribution in [3.8, 4) is 0 Å². The minimum atomic E-state index is -0.452. The first kappa shape index (κ1) is 29.5. The van der Waals surface area contributed by atoms with Crippen LogP contribution in [-0.4, -0.2) is 32.3 Å². The molecule has 2 amide bonds. The summed E-state index contributed by atoms with van der Waals surface area (Å²) in [5, 5.41) is 16.0. The lowest BCUT2D eigenvalue weighted by Crippen LogP contribution is -2.34. The Labute approximate surface area is 244 Å². The zero-order valence-corrected chi connectivity index (χ0v) is 25.4. The molecular weight excluding hydrogens is 644 g/mol. The fourth-order valence-corrected chi connectivity index (χ4v) is 5.96. The molecule has 7 nitrogen and oxygen atoms in total. The van der Waals surface area contributed by atoms with Gasteiger partial charge in [0.1, 0.15) is 0 Å². The summed E-state index contributed by atoms with van der Waals surface area (Å²) in [6.45, 7) is 12.2. The van der Waals surface area contributed by atoms with Crippen molar-refractivity contribution >= 4 is 75.1 Å². The molecule has 3 aromatic rings. The first-order chi connectivity index (χ1) is 17.5. The molecule has 1 aromatic heterocycles. The second-order valence-electron chi connectivity index (χ2n) is 8.81. The van der Waals surface area contributed by atoms with Crippen molar-refractivity contribution in [2.45, 2.75) is 45.4 Å². The molecule has 0 aliphatic rings. The number of hydrogen-bond donors (Lipinski definition) is 2. The highest BCUT2D eigenvalue weighted by molar-refractivity contribution is 14.1. The summed E-state index contributed by atoms with van der Waals surface area (Å²) in [6.07, 6.45) is 1.73. The van der Waals surface area contributed by atoms with Crippen LogP contribution in [0.5, 0.6) is 0 Å². The molecule has 3 rings (SSSR count). The summed E-state index contributed by atoms with van der Waals surface area (Å²) in [6, 6.07) is 8.34. The van der Waals surface area contributed by atoms with Crippen LogP contribution in [0.4, 0.5) is 5.69 Å². The van der Waals surface area contributed by atoms with Gasteiger partial charge in [0, 0.05) is 20.8 Å². The molecule has 2 N–H and O–H groups in total. The van der Waals surface area contributed by atoms with Gasteiger partial charge in [0.2, 0.25) is 5.91 Å². The summed E-state index contributed by atoms with van der Waals surface area (Å²) in [5.74, 6) is 0.235. The van der Waals surface area contributed by atoms with Crippen molar-refractivity contribution < 1.29 is 9.59 Å². The summed E-state index contributed by atoms with van der Waals surface area (Å²) in [5.41, 5.74) is 3.16. The van der Waals surface area contributed by atoms with Gasteiger partial charge in [-0.15, -0.1) is 16.8 Å². The molecule has 0 saturated carbocycles. The summed E-state index contributed by atoms with van der Waals surface area (Å²) in [4.78, 5) is 25.8. The van der Waals surface area contributed by atoms with E-state index in [1.54, 1.807) is 18.2 Å². The van der Waals surface area contributed by atoms with Crippen LogP contribution in [0.1, 0.15) is 47.2 Å². The van der Waals surface area contributed by atoms with E-state index in [-0.39, 0.29) is 28.5 Å². The normalized spacial score (nSPS) is 11.9. The summed E-state index contributed by atoms with van der Waals surface area (Å²) >= 11 is 15.8. The molecular formula is C26H28Cl2IN5O2S. The van der Waals surface area contributed by atoms with E-state index in [2.05, 4.69) is 50.0 Å². The molecule has 1 atom stereocenters. The molecule has 0 bridgehead atoms. The maximum atomic E-state index is 13.0. The quantitative estimate of drug-likeness (QED) is 0.140. The van der Waals surface area contributed by atoms with Crippen LogP contribution < -0.4 is 10.6 Å². The average Bonchev–Trinajstić information content (AvgIpc) is 3.20. The van der Waals surface area contributed by atoms with Gasteiger partial charge in [0.15, 0.2) is 11.0 Å². The van der Waals surface area contributed by atoms with Crippen LogP contribution >= 0.6 is 57.6 Å². The highest BCUT2D eigenvalue weighted by Gasteiger charge is 2.27. The fourth-order valence-electron chi connectivity index (χ4n) is 3.77. The van der Waals surface area contributed by atoms with Crippen molar-refractivity contribution in [1.82, 2.24) is 20.1 Å². The smallest absolute Gasteiger partial charge is 0.253 e. The first-order valence-electron chi connectivity index (χ1n) is 11.5. The zero-order chi connectivity index (χ0) is 27.3. The number of hydrogen-bond acceptors (Lipinski definition) is 5. The van der Waals surface area contributed by atoms with Crippen molar-refractivity contribution in [2.75, 3.05) is 11.1 Å². The first-order valence-corrected chi connectivity index (χ1v) is 14.3. The Morgan fingerprint density at radius 3 is 2.43 bits per heavy atom. The monoisotopic (exact) mass is 671 g/mol. The Kier molecular flexibility index (Phi) is 10.5. The number of carbonyl (C=O) groups is 2. The van der Waals surface area contributed by atoms with E-state index in [4.69, 9.17) is 23.2 Å². The highest BCUT2D eigenvalue weighted by Crippen LogP contribution is 2.28. The number of anilines is 1. The molecule has 0 fully saturated rings. The summed E-state index contributed by atoms with van der Waals surface area (Å²) in [7, 11) is 0. The van der Waals surface area contributed by atoms with Crippen LogP contribution in [0.3, 0.4) is 0 Å². The Morgan fingerprint density at radius 2 is 1.84 bits per heavy atom. The lowest BCUT2D eigenvalue weighted by Gasteiger charge is -2.23. The number of benzene rings is 2. The number of nitrogens with one attached hydrogen (secondary N) is 2. The third-order valence-electron chi connectivity index (χ3n) is 5.56. The van der Waals surface area contributed by atoms with E-state index < -0.39 is 6.04 Å². The van der Waals surface area contributed by atoms with Crippen molar-refractivity contribution in [3.63, 3.8) is 0 Å². The van der Waals surface area contributed by atoms with E-state index in [1.807, 2.05) is 44.4 Å². The molecule has 2 aromatic carbocycles. The Morgan fingerprint density at radius 1 is 1.16 bits per heavy atom. The Bertz CT molecular complexity index is 1310. The number of thioether (sulfide) groups is 1. The number of aromatic nitrogens is 3. The topological polar surface area (TPSA) is 88.9 Å². The second-order valence-corrected chi connectivity index (χ2v) is 11.8. The molecule has 196 valence electrons. The second kappa shape index (κ2) is 13.1. The summed E-state index contributed by atoms with van der Waals surface area (Å²) < 4.78 is 2.98. The number of carbonyl (C=O) groups excluding carboxylic acids is 2. The predicted octanol–water partition coefficient (Wildman–Crippen LogP) is 6.85. The van der Waals surface area contributed by atoms with Gasteiger partial charge in [0.05, 0.1) is 22.4 Å². The lowest BCUT2D eigenvalue weighted by molar-refractivity contribution is -0.113. The number of allylic oxidation sites excluding steroid dienone is 1. The average molecular weight is 672 g/mol. The van der Waals surface area contributed by atoms with Gasteiger partial charge in [0.25, 0.3) is 5.91 Å². The maximum Gasteiger partial charge on any atom is 0.253 e. The molecule has 0 radical (unpaired) electrons. The van der Waals surface area contributed by atoms with Crippen LogP contribution in [0.2, 0.25) is 10.0 Å². The van der Waals surface area contributed by atoms with Gasteiger partial charge in [-0.25, -0.2) is 0 Å². The largest absolute Gasteiger partial charge is 0.342 e.